The second kappa shape index (κ2) is 4.58. The number of ether oxygens (including phenoxy) is 2. The van der Waals surface area contributed by atoms with Gasteiger partial charge in [-0.25, -0.2) is 0 Å². The largest absolute Gasteiger partial charge is 0.376 e. The van der Waals surface area contributed by atoms with Gasteiger partial charge >= 0.3 is 0 Å². The third-order valence-electron chi connectivity index (χ3n) is 2.47. The smallest absolute Gasteiger partial charge is 0.0846 e. The van der Waals surface area contributed by atoms with E-state index >= 15 is 0 Å². The molecule has 0 bridgehead atoms. The van der Waals surface area contributed by atoms with Crippen LogP contribution < -0.4 is 0 Å². The van der Waals surface area contributed by atoms with Crippen LogP contribution in [0.3, 0.4) is 0 Å². The summed E-state index contributed by atoms with van der Waals surface area (Å²) in [6.07, 6.45) is 10.3. The van der Waals surface area contributed by atoms with Crippen molar-refractivity contribution in [3.8, 4) is 0 Å². The van der Waals surface area contributed by atoms with Gasteiger partial charge in [0.15, 0.2) is 0 Å². The monoisotopic (exact) mass is 180 g/mol. The van der Waals surface area contributed by atoms with Gasteiger partial charge in [-0.1, -0.05) is 23.8 Å². The van der Waals surface area contributed by atoms with E-state index < -0.39 is 0 Å². The Morgan fingerprint density at radius 3 is 3.08 bits per heavy atom. The van der Waals surface area contributed by atoms with Crippen LogP contribution in [0.15, 0.2) is 23.8 Å². The number of hydrogen-bond acceptors (Lipinski definition) is 2. The average Bonchev–Trinajstić information content (AvgIpc) is 2.21. The predicted octanol–water partition coefficient (Wildman–Crippen LogP) is 2.07. The molecule has 1 saturated heterocycles. The van der Waals surface area contributed by atoms with E-state index in [0.717, 1.165) is 26.2 Å². The highest BCUT2D eigenvalue weighted by Gasteiger charge is 2.15. The highest BCUT2D eigenvalue weighted by Crippen LogP contribution is 2.19. The second-order valence-electron chi connectivity index (χ2n) is 3.56. The van der Waals surface area contributed by atoms with Gasteiger partial charge < -0.3 is 9.47 Å². The van der Waals surface area contributed by atoms with Crippen LogP contribution in [-0.2, 0) is 9.47 Å². The van der Waals surface area contributed by atoms with Crippen molar-refractivity contribution in [1.82, 2.24) is 0 Å². The zero-order chi connectivity index (χ0) is 8.93. The van der Waals surface area contributed by atoms with Crippen molar-refractivity contribution in [2.45, 2.75) is 25.4 Å². The zero-order valence-corrected chi connectivity index (χ0v) is 7.87. The Morgan fingerprint density at radius 1 is 1.38 bits per heavy atom. The average molecular weight is 180 g/mol. The van der Waals surface area contributed by atoms with Gasteiger partial charge in [0.2, 0.25) is 0 Å². The fraction of sp³-hybridized carbons (Fsp3) is 0.636. The predicted molar refractivity (Wildman–Crippen MR) is 51.6 cm³/mol. The molecule has 1 heterocycles. The molecule has 2 rings (SSSR count). The Bertz CT molecular complexity index is 212. The van der Waals surface area contributed by atoms with E-state index in [1.165, 1.54) is 18.4 Å². The van der Waals surface area contributed by atoms with Crippen LogP contribution in [0.2, 0.25) is 0 Å². The van der Waals surface area contributed by atoms with Crippen LogP contribution in [0.25, 0.3) is 0 Å². The molecular weight excluding hydrogens is 164 g/mol. The topological polar surface area (TPSA) is 18.5 Å². The summed E-state index contributed by atoms with van der Waals surface area (Å²) in [5.74, 6) is 0. The summed E-state index contributed by atoms with van der Waals surface area (Å²) in [5.41, 5.74) is 1.50. The maximum atomic E-state index is 5.59. The lowest BCUT2D eigenvalue weighted by Gasteiger charge is -2.24. The standard InChI is InChI=1S/C11H16O2/c1-2-4-10(5-3-1)8-11-9-12-6-7-13-11/h1-2,4,11H,3,5-9H2. The summed E-state index contributed by atoms with van der Waals surface area (Å²) in [5, 5.41) is 0. The normalized spacial score (nSPS) is 28.6. The minimum Gasteiger partial charge on any atom is -0.376 e. The van der Waals surface area contributed by atoms with Gasteiger partial charge in [-0.3, -0.25) is 0 Å². The zero-order valence-electron chi connectivity index (χ0n) is 7.87. The Balaban J connectivity index is 1.82. The Hall–Kier alpha value is -0.600. The van der Waals surface area contributed by atoms with Gasteiger partial charge in [0, 0.05) is 0 Å². The van der Waals surface area contributed by atoms with E-state index in [0.29, 0.717) is 6.10 Å². The summed E-state index contributed by atoms with van der Waals surface area (Å²) < 4.78 is 10.9. The highest BCUT2D eigenvalue weighted by atomic mass is 16.6. The molecule has 0 N–H and O–H groups in total. The van der Waals surface area contributed by atoms with Crippen LogP contribution in [0, 0.1) is 0 Å². The van der Waals surface area contributed by atoms with Crippen molar-refractivity contribution in [3.05, 3.63) is 23.8 Å². The summed E-state index contributed by atoms with van der Waals surface area (Å²) in [6, 6.07) is 0. The van der Waals surface area contributed by atoms with E-state index in [1.807, 2.05) is 0 Å². The lowest BCUT2D eigenvalue weighted by Crippen LogP contribution is -2.28. The molecule has 1 atom stereocenters. The van der Waals surface area contributed by atoms with Crippen LogP contribution in [-0.4, -0.2) is 25.9 Å². The Morgan fingerprint density at radius 2 is 2.38 bits per heavy atom. The molecule has 13 heavy (non-hydrogen) atoms. The maximum absolute atomic E-state index is 5.59. The van der Waals surface area contributed by atoms with Gasteiger partial charge in [-0.2, -0.15) is 0 Å². The summed E-state index contributed by atoms with van der Waals surface area (Å²) in [7, 11) is 0. The van der Waals surface area contributed by atoms with Gasteiger partial charge in [-0.05, 0) is 19.3 Å². The van der Waals surface area contributed by atoms with E-state index in [1.54, 1.807) is 0 Å². The fourth-order valence-corrected chi connectivity index (χ4v) is 1.77. The highest BCUT2D eigenvalue weighted by molar-refractivity contribution is 5.18. The molecule has 0 aromatic rings. The SMILES string of the molecule is C1=CCCC(CC2COCCO2)=C1. The van der Waals surface area contributed by atoms with Crippen LogP contribution in [0.5, 0.6) is 0 Å². The van der Waals surface area contributed by atoms with E-state index in [-0.39, 0.29) is 0 Å². The minimum atomic E-state index is 0.298. The van der Waals surface area contributed by atoms with Crippen molar-refractivity contribution in [3.63, 3.8) is 0 Å². The Kier molecular flexibility index (Phi) is 3.16. The maximum Gasteiger partial charge on any atom is 0.0846 e. The van der Waals surface area contributed by atoms with Crippen molar-refractivity contribution >= 4 is 0 Å². The third-order valence-corrected chi connectivity index (χ3v) is 2.47. The molecule has 0 aromatic carbocycles. The van der Waals surface area contributed by atoms with Crippen LogP contribution >= 0.6 is 0 Å². The number of allylic oxidation sites excluding steroid dienone is 3. The first kappa shape index (κ1) is 8.97. The van der Waals surface area contributed by atoms with E-state index in [2.05, 4.69) is 18.2 Å². The van der Waals surface area contributed by atoms with Crippen molar-refractivity contribution in [2.24, 2.45) is 0 Å². The molecular formula is C11H16O2. The molecule has 2 heteroatoms. The molecule has 2 aliphatic rings. The fourth-order valence-electron chi connectivity index (χ4n) is 1.77. The minimum absolute atomic E-state index is 0.298. The van der Waals surface area contributed by atoms with Gasteiger partial charge in [0.1, 0.15) is 0 Å². The summed E-state index contributed by atoms with van der Waals surface area (Å²) in [6.45, 7) is 2.28. The first-order valence-electron chi connectivity index (χ1n) is 4.99. The molecule has 0 radical (unpaired) electrons. The van der Waals surface area contributed by atoms with Crippen molar-refractivity contribution in [1.29, 1.82) is 0 Å². The van der Waals surface area contributed by atoms with E-state index in [9.17, 15) is 0 Å². The summed E-state index contributed by atoms with van der Waals surface area (Å²) in [4.78, 5) is 0. The molecule has 0 saturated carbocycles. The molecule has 2 nitrogen and oxygen atoms in total. The second-order valence-corrected chi connectivity index (χ2v) is 3.56. The molecule has 0 aromatic heterocycles. The summed E-state index contributed by atoms with van der Waals surface area (Å²) >= 11 is 0. The number of hydrogen-bond donors (Lipinski definition) is 0. The van der Waals surface area contributed by atoms with E-state index in [4.69, 9.17) is 9.47 Å². The van der Waals surface area contributed by atoms with Crippen LogP contribution in [0.1, 0.15) is 19.3 Å². The van der Waals surface area contributed by atoms with Gasteiger partial charge in [0.05, 0.1) is 25.9 Å². The van der Waals surface area contributed by atoms with Crippen molar-refractivity contribution < 1.29 is 9.47 Å². The molecule has 72 valence electrons. The third kappa shape index (κ3) is 2.68. The molecule has 1 aliphatic heterocycles. The first-order valence-corrected chi connectivity index (χ1v) is 4.99. The Labute approximate surface area is 79.2 Å². The molecule has 1 fully saturated rings. The van der Waals surface area contributed by atoms with Gasteiger partial charge in [-0.15, -0.1) is 0 Å². The quantitative estimate of drug-likeness (QED) is 0.647. The molecule has 0 amide bonds. The molecule has 0 spiro atoms. The molecule has 1 aliphatic carbocycles. The first-order chi connectivity index (χ1) is 6.45. The van der Waals surface area contributed by atoms with Crippen LogP contribution in [0.4, 0.5) is 0 Å². The van der Waals surface area contributed by atoms with Gasteiger partial charge in [0.25, 0.3) is 0 Å². The lowest BCUT2D eigenvalue weighted by atomic mass is 9.99. The van der Waals surface area contributed by atoms with Crippen molar-refractivity contribution in [2.75, 3.05) is 19.8 Å². The lowest BCUT2D eigenvalue weighted by molar-refractivity contribution is -0.0873. The molecule has 1 unspecified atom stereocenters. The number of rotatable bonds is 2.